The van der Waals surface area contributed by atoms with Gasteiger partial charge in [-0.15, -0.1) is 0 Å². The number of rotatable bonds is 6. The molecule has 1 aliphatic heterocycles. The molecule has 32 heavy (non-hydrogen) atoms. The number of piperazine rings is 1. The van der Waals surface area contributed by atoms with Gasteiger partial charge in [-0.25, -0.2) is 12.8 Å². The fourth-order valence-corrected chi connectivity index (χ4v) is 4.91. The van der Waals surface area contributed by atoms with Gasteiger partial charge >= 0.3 is 0 Å². The number of anilines is 1. The third-order valence-electron chi connectivity index (χ3n) is 5.90. The minimum absolute atomic E-state index is 0.115. The number of carbonyl (C=O) groups is 2. The van der Waals surface area contributed by atoms with E-state index in [2.05, 4.69) is 5.32 Å². The van der Waals surface area contributed by atoms with Crippen LogP contribution in [0.15, 0.2) is 42.5 Å². The summed E-state index contributed by atoms with van der Waals surface area (Å²) in [6, 6.07) is 11.1. The fourth-order valence-electron chi connectivity index (χ4n) is 3.79. The summed E-state index contributed by atoms with van der Waals surface area (Å²) >= 11 is 0. The van der Waals surface area contributed by atoms with Gasteiger partial charge in [0.15, 0.2) is 0 Å². The Bertz CT molecular complexity index is 1130. The lowest BCUT2D eigenvalue weighted by molar-refractivity contribution is -0.133. The lowest BCUT2D eigenvalue weighted by Crippen LogP contribution is -2.70. The van der Waals surface area contributed by atoms with Crippen molar-refractivity contribution in [1.82, 2.24) is 9.62 Å². The van der Waals surface area contributed by atoms with Gasteiger partial charge in [0.2, 0.25) is 21.8 Å². The highest BCUT2D eigenvalue weighted by Crippen LogP contribution is 2.32. The van der Waals surface area contributed by atoms with Gasteiger partial charge in [-0.3, -0.25) is 14.5 Å². The van der Waals surface area contributed by atoms with Crippen LogP contribution in [0.4, 0.5) is 10.1 Å². The molecule has 7 nitrogen and oxygen atoms in total. The number of benzene rings is 2. The topological polar surface area (TPSA) is 86.8 Å². The SMILES string of the molecule is CCS(=O)(=O)N1CC(=O)N(c2ccc(C)c(C)c2)C(C)(C(=O)NCc2ccc(F)cc2)C1. The maximum absolute atomic E-state index is 13.4. The van der Waals surface area contributed by atoms with Crippen molar-refractivity contribution in [3.05, 3.63) is 65.0 Å². The van der Waals surface area contributed by atoms with Crippen molar-refractivity contribution in [3.8, 4) is 0 Å². The Kier molecular flexibility index (Phi) is 6.71. The quantitative estimate of drug-likeness (QED) is 0.716. The molecule has 0 aromatic heterocycles. The number of hydrogen-bond acceptors (Lipinski definition) is 4. The molecule has 0 aliphatic carbocycles. The summed E-state index contributed by atoms with van der Waals surface area (Å²) in [4.78, 5) is 28.0. The number of aryl methyl sites for hydroxylation is 2. The van der Waals surface area contributed by atoms with E-state index in [0.29, 0.717) is 11.3 Å². The Hall–Kier alpha value is -2.78. The standard InChI is InChI=1S/C23H28FN3O4S/c1-5-32(30,31)26-14-21(28)27(20-11-6-16(2)17(3)12-20)23(4,15-26)22(29)25-13-18-7-9-19(24)10-8-18/h6-12H,5,13-15H2,1-4H3,(H,25,29). The van der Waals surface area contributed by atoms with Gasteiger partial charge < -0.3 is 5.32 Å². The highest BCUT2D eigenvalue weighted by molar-refractivity contribution is 7.89. The van der Waals surface area contributed by atoms with E-state index in [1.54, 1.807) is 25.1 Å². The number of amides is 2. The van der Waals surface area contributed by atoms with E-state index < -0.39 is 27.4 Å². The number of halogens is 1. The smallest absolute Gasteiger partial charge is 0.247 e. The van der Waals surface area contributed by atoms with Crippen LogP contribution in [0, 0.1) is 19.7 Å². The third-order valence-corrected chi connectivity index (χ3v) is 7.68. The molecule has 9 heteroatoms. The third kappa shape index (κ3) is 4.68. The van der Waals surface area contributed by atoms with E-state index in [-0.39, 0.29) is 31.2 Å². The maximum atomic E-state index is 13.4. The molecule has 172 valence electrons. The first kappa shape index (κ1) is 23.9. The number of nitrogens with zero attached hydrogens (tertiary/aromatic N) is 2. The molecule has 1 aliphatic rings. The molecule has 1 N–H and O–H groups in total. The zero-order chi connectivity index (χ0) is 23.7. The molecule has 1 unspecified atom stereocenters. The van der Waals surface area contributed by atoms with E-state index in [0.717, 1.165) is 15.4 Å². The maximum Gasteiger partial charge on any atom is 0.247 e. The molecule has 0 saturated carbocycles. The molecule has 0 radical (unpaired) electrons. The largest absolute Gasteiger partial charge is 0.350 e. The van der Waals surface area contributed by atoms with E-state index in [1.165, 1.54) is 24.0 Å². The van der Waals surface area contributed by atoms with Gasteiger partial charge in [0.1, 0.15) is 11.4 Å². The lowest BCUT2D eigenvalue weighted by atomic mass is 9.93. The zero-order valence-corrected chi connectivity index (χ0v) is 19.5. The fraction of sp³-hybridized carbons (Fsp3) is 0.391. The van der Waals surface area contributed by atoms with Crippen LogP contribution in [-0.2, 0) is 26.2 Å². The summed E-state index contributed by atoms with van der Waals surface area (Å²) in [6.07, 6.45) is 0. The van der Waals surface area contributed by atoms with Gasteiger partial charge in [-0.1, -0.05) is 18.2 Å². The molecule has 1 fully saturated rings. The van der Waals surface area contributed by atoms with E-state index in [9.17, 15) is 22.4 Å². The summed E-state index contributed by atoms with van der Waals surface area (Å²) in [5, 5.41) is 2.79. The van der Waals surface area contributed by atoms with Crippen molar-refractivity contribution in [2.24, 2.45) is 0 Å². The molecule has 2 aromatic rings. The Morgan fingerprint density at radius 3 is 2.38 bits per heavy atom. The number of hydrogen-bond donors (Lipinski definition) is 1. The van der Waals surface area contributed by atoms with E-state index in [1.807, 2.05) is 26.0 Å². The van der Waals surface area contributed by atoms with Crippen molar-refractivity contribution in [3.63, 3.8) is 0 Å². The first-order valence-corrected chi connectivity index (χ1v) is 12.0. The summed E-state index contributed by atoms with van der Waals surface area (Å²) in [7, 11) is -3.69. The van der Waals surface area contributed by atoms with Crippen molar-refractivity contribution < 1.29 is 22.4 Å². The Morgan fingerprint density at radius 1 is 1.12 bits per heavy atom. The summed E-state index contributed by atoms with van der Waals surface area (Å²) in [6.45, 7) is 6.54. The summed E-state index contributed by atoms with van der Waals surface area (Å²) in [5.74, 6) is -1.52. The Labute approximate surface area is 188 Å². The average Bonchev–Trinajstić information content (AvgIpc) is 2.75. The van der Waals surface area contributed by atoms with E-state index in [4.69, 9.17) is 0 Å². The second kappa shape index (κ2) is 8.99. The first-order chi connectivity index (χ1) is 15.0. The van der Waals surface area contributed by atoms with Crippen molar-refractivity contribution in [2.45, 2.75) is 39.8 Å². The molecule has 0 spiro atoms. The molecule has 1 heterocycles. The molecule has 0 bridgehead atoms. The minimum Gasteiger partial charge on any atom is -0.350 e. The van der Waals surface area contributed by atoms with Crippen LogP contribution in [0.1, 0.15) is 30.5 Å². The van der Waals surface area contributed by atoms with E-state index >= 15 is 0 Å². The van der Waals surface area contributed by atoms with Crippen LogP contribution >= 0.6 is 0 Å². The highest BCUT2D eigenvalue weighted by Gasteiger charge is 2.50. The van der Waals surface area contributed by atoms with Crippen LogP contribution in [0.25, 0.3) is 0 Å². The number of nitrogens with one attached hydrogen (secondary N) is 1. The molecule has 1 atom stereocenters. The highest BCUT2D eigenvalue weighted by atomic mass is 32.2. The minimum atomic E-state index is -3.69. The number of sulfonamides is 1. The molecular weight excluding hydrogens is 433 g/mol. The predicted octanol–water partition coefficient (Wildman–Crippen LogP) is 2.52. The van der Waals surface area contributed by atoms with Gasteiger partial charge in [0.05, 0.1) is 12.3 Å². The average molecular weight is 462 g/mol. The predicted molar refractivity (Wildman–Crippen MR) is 121 cm³/mol. The molecule has 2 amide bonds. The van der Waals surface area contributed by atoms with Crippen molar-refractivity contribution >= 4 is 27.5 Å². The summed E-state index contributed by atoms with van der Waals surface area (Å²) in [5.41, 5.74) is 1.73. The monoisotopic (exact) mass is 461 g/mol. The van der Waals surface area contributed by atoms with Crippen LogP contribution in [0.2, 0.25) is 0 Å². The lowest BCUT2D eigenvalue weighted by Gasteiger charge is -2.46. The van der Waals surface area contributed by atoms with Gasteiger partial charge in [0.25, 0.3) is 0 Å². The molecule has 2 aromatic carbocycles. The number of carbonyl (C=O) groups excluding carboxylic acids is 2. The zero-order valence-electron chi connectivity index (χ0n) is 18.7. The van der Waals surface area contributed by atoms with Crippen LogP contribution < -0.4 is 10.2 Å². The van der Waals surface area contributed by atoms with Crippen LogP contribution in [-0.4, -0.2) is 48.9 Å². The van der Waals surface area contributed by atoms with Crippen LogP contribution in [0.5, 0.6) is 0 Å². The summed E-state index contributed by atoms with van der Waals surface area (Å²) < 4.78 is 39.4. The first-order valence-electron chi connectivity index (χ1n) is 10.4. The normalized spacial score (nSPS) is 19.8. The molecular formula is C23H28FN3O4S. The van der Waals surface area contributed by atoms with Crippen molar-refractivity contribution in [1.29, 1.82) is 0 Å². The Morgan fingerprint density at radius 2 is 1.78 bits per heavy atom. The second-order valence-corrected chi connectivity index (χ2v) is 10.5. The van der Waals surface area contributed by atoms with Gasteiger partial charge in [-0.2, -0.15) is 4.31 Å². The van der Waals surface area contributed by atoms with Gasteiger partial charge in [-0.05, 0) is 68.7 Å². The van der Waals surface area contributed by atoms with Crippen LogP contribution in [0.3, 0.4) is 0 Å². The molecule has 3 rings (SSSR count). The van der Waals surface area contributed by atoms with Gasteiger partial charge in [0, 0.05) is 18.8 Å². The van der Waals surface area contributed by atoms with Crippen molar-refractivity contribution in [2.75, 3.05) is 23.7 Å². The molecule has 1 saturated heterocycles. The second-order valence-electron chi connectivity index (χ2n) is 8.25. The Balaban J connectivity index is 1.98.